The minimum atomic E-state index is -1.45. The molecule has 0 fully saturated rings. The predicted octanol–water partition coefficient (Wildman–Crippen LogP) is 0.643. The van der Waals surface area contributed by atoms with Gasteiger partial charge in [-0.25, -0.2) is 14.4 Å². The van der Waals surface area contributed by atoms with Crippen LogP contribution in [0, 0.1) is 0 Å². The summed E-state index contributed by atoms with van der Waals surface area (Å²) >= 11 is 0. The Kier molecular flexibility index (Phi) is 16.2. The van der Waals surface area contributed by atoms with Crippen LogP contribution in [0.2, 0.25) is 0 Å². The van der Waals surface area contributed by atoms with Crippen LogP contribution >= 0.6 is 0 Å². The zero-order chi connectivity index (χ0) is 24.4. The molecule has 0 aromatic heterocycles. The zero-order valence-electron chi connectivity index (χ0n) is 18.3. The van der Waals surface area contributed by atoms with Gasteiger partial charge in [0, 0.05) is 19.4 Å². The van der Waals surface area contributed by atoms with Gasteiger partial charge in [-0.1, -0.05) is 19.3 Å². The normalized spacial score (nSPS) is 12.4. The van der Waals surface area contributed by atoms with Gasteiger partial charge in [-0.05, 0) is 45.1 Å². The van der Waals surface area contributed by atoms with Crippen molar-refractivity contribution in [2.24, 2.45) is 5.73 Å². The molecular weight excluding hydrogens is 424 g/mol. The van der Waals surface area contributed by atoms with E-state index in [4.69, 9.17) is 15.9 Å². The molecule has 0 saturated carbocycles. The standard InChI is InChI=1S/C20H36N4O8/c21-12-6-3-1-2-4-9-16(25)22-13-7-5-8-14(18(28)29)23-20(32)24-15(19(30)31)10-11-17(26)27/h14-15H,1-13,21H2,(H,22,25)(H,26,27)(H,28,29)(H,30,31)(H2,23,24,32)/t14-,15?/m0/s1. The largest absolute Gasteiger partial charge is 0.481 e. The van der Waals surface area contributed by atoms with Gasteiger partial charge in [0.15, 0.2) is 0 Å². The number of carbonyl (C=O) groups excluding carboxylic acids is 2. The summed E-state index contributed by atoms with van der Waals surface area (Å²) in [6.07, 6.45) is 5.56. The summed E-state index contributed by atoms with van der Waals surface area (Å²) in [4.78, 5) is 56.7. The number of nitrogens with two attached hydrogens (primary N) is 1. The Balaban J connectivity index is 4.14. The second-order valence-electron chi connectivity index (χ2n) is 7.48. The Hall–Kier alpha value is -2.89. The highest BCUT2D eigenvalue weighted by atomic mass is 16.4. The Morgan fingerprint density at radius 3 is 1.81 bits per heavy atom. The van der Waals surface area contributed by atoms with Gasteiger partial charge in [-0.2, -0.15) is 0 Å². The summed E-state index contributed by atoms with van der Waals surface area (Å²) in [6, 6.07) is -3.69. The monoisotopic (exact) mass is 460 g/mol. The van der Waals surface area contributed by atoms with Gasteiger partial charge in [0.05, 0.1) is 0 Å². The van der Waals surface area contributed by atoms with Crippen LogP contribution in [0.5, 0.6) is 0 Å². The zero-order valence-corrected chi connectivity index (χ0v) is 18.3. The molecule has 0 aromatic rings. The Bertz CT molecular complexity index is 614. The maximum absolute atomic E-state index is 11.9. The van der Waals surface area contributed by atoms with Crippen molar-refractivity contribution >= 4 is 29.8 Å². The SMILES string of the molecule is NCCCCCCCC(=O)NCCCC[C@H](NC(=O)NC(CCC(=O)O)C(=O)O)C(=O)O. The molecule has 0 aliphatic rings. The first-order chi connectivity index (χ1) is 15.2. The lowest BCUT2D eigenvalue weighted by molar-refractivity contribution is -0.140. The molecular formula is C20H36N4O8. The lowest BCUT2D eigenvalue weighted by atomic mass is 10.1. The molecule has 12 nitrogen and oxygen atoms in total. The van der Waals surface area contributed by atoms with Crippen LogP contribution in [0.1, 0.15) is 70.6 Å². The van der Waals surface area contributed by atoms with E-state index in [1.54, 1.807) is 0 Å². The molecule has 0 radical (unpaired) electrons. The van der Waals surface area contributed by atoms with E-state index in [0.717, 1.165) is 32.1 Å². The van der Waals surface area contributed by atoms with Crippen molar-refractivity contribution < 1.29 is 39.3 Å². The van der Waals surface area contributed by atoms with Gasteiger partial charge in [0.1, 0.15) is 12.1 Å². The molecule has 0 bridgehead atoms. The number of carboxylic acid groups (broad SMARTS) is 3. The third kappa shape index (κ3) is 15.9. The molecule has 0 aliphatic carbocycles. The summed E-state index contributed by atoms with van der Waals surface area (Å²) in [7, 11) is 0. The Labute approximate surface area is 187 Å². The van der Waals surface area contributed by atoms with Gasteiger partial charge in [0.2, 0.25) is 5.91 Å². The number of hydrogen-bond donors (Lipinski definition) is 7. The first-order valence-corrected chi connectivity index (χ1v) is 10.9. The van der Waals surface area contributed by atoms with Crippen LogP contribution in [-0.2, 0) is 19.2 Å². The highest BCUT2D eigenvalue weighted by Gasteiger charge is 2.24. The molecule has 12 heteroatoms. The second kappa shape index (κ2) is 17.8. The van der Waals surface area contributed by atoms with E-state index in [-0.39, 0.29) is 18.7 Å². The molecule has 0 aromatic carbocycles. The van der Waals surface area contributed by atoms with Crippen molar-refractivity contribution in [1.29, 1.82) is 0 Å². The van der Waals surface area contributed by atoms with E-state index >= 15 is 0 Å². The number of carboxylic acids is 3. The van der Waals surface area contributed by atoms with Crippen molar-refractivity contribution in [2.45, 2.75) is 82.7 Å². The predicted molar refractivity (Wildman–Crippen MR) is 115 cm³/mol. The lowest BCUT2D eigenvalue weighted by Crippen LogP contribution is -2.51. The molecule has 8 N–H and O–H groups in total. The maximum Gasteiger partial charge on any atom is 0.326 e. The molecule has 0 spiro atoms. The average Bonchev–Trinajstić information content (AvgIpc) is 2.71. The molecule has 0 saturated heterocycles. The van der Waals surface area contributed by atoms with Crippen molar-refractivity contribution in [1.82, 2.24) is 16.0 Å². The van der Waals surface area contributed by atoms with Crippen LogP contribution in [0.25, 0.3) is 0 Å². The number of hydrogen-bond acceptors (Lipinski definition) is 6. The fourth-order valence-electron chi connectivity index (χ4n) is 2.89. The lowest BCUT2D eigenvalue weighted by Gasteiger charge is -2.18. The van der Waals surface area contributed by atoms with E-state index in [1.165, 1.54) is 0 Å². The summed E-state index contributed by atoms with van der Waals surface area (Å²) in [5.74, 6) is -3.97. The average molecular weight is 461 g/mol. The number of amides is 3. The molecule has 32 heavy (non-hydrogen) atoms. The second-order valence-corrected chi connectivity index (χ2v) is 7.48. The fourth-order valence-corrected chi connectivity index (χ4v) is 2.89. The van der Waals surface area contributed by atoms with E-state index in [2.05, 4.69) is 16.0 Å². The molecule has 1 unspecified atom stereocenters. The van der Waals surface area contributed by atoms with Crippen LogP contribution < -0.4 is 21.7 Å². The molecule has 2 atom stereocenters. The molecule has 0 heterocycles. The van der Waals surface area contributed by atoms with Gasteiger partial charge in [-0.15, -0.1) is 0 Å². The smallest absolute Gasteiger partial charge is 0.326 e. The summed E-state index contributed by atoms with van der Waals surface area (Å²) in [5, 5.41) is 33.9. The van der Waals surface area contributed by atoms with Crippen LogP contribution in [0.3, 0.4) is 0 Å². The maximum atomic E-state index is 11.9. The molecule has 3 amide bonds. The minimum absolute atomic E-state index is 0.0582. The van der Waals surface area contributed by atoms with Crippen molar-refractivity contribution in [3.05, 3.63) is 0 Å². The van der Waals surface area contributed by atoms with Crippen molar-refractivity contribution in [3.8, 4) is 0 Å². The third-order valence-electron chi connectivity index (χ3n) is 4.70. The quantitative estimate of drug-likeness (QED) is 0.135. The van der Waals surface area contributed by atoms with Gasteiger partial charge in [-0.3, -0.25) is 9.59 Å². The van der Waals surface area contributed by atoms with Gasteiger partial charge >= 0.3 is 23.9 Å². The van der Waals surface area contributed by atoms with Gasteiger partial charge < -0.3 is 37.0 Å². The highest BCUT2D eigenvalue weighted by molar-refractivity contribution is 5.86. The number of nitrogens with one attached hydrogen (secondary N) is 3. The Morgan fingerprint density at radius 2 is 1.25 bits per heavy atom. The first-order valence-electron chi connectivity index (χ1n) is 10.9. The number of rotatable bonds is 19. The van der Waals surface area contributed by atoms with Crippen LogP contribution in [0.15, 0.2) is 0 Å². The topological polar surface area (TPSA) is 208 Å². The summed E-state index contributed by atoms with van der Waals surface area (Å²) in [6.45, 7) is 1.07. The highest BCUT2D eigenvalue weighted by Crippen LogP contribution is 2.05. The molecule has 0 aliphatic heterocycles. The minimum Gasteiger partial charge on any atom is -0.481 e. The van der Waals surface area contributed by atoms with Crippen LogP contribution in [0.4, 0.5) is 4.79 Å². The fraction of sp³-hybridized carbons (Fsp3) is 0.750. The van der Waals surface area contributed by atoms with Crippen molar-refractivity contribution in [3.63, 3.8) is 0 Å². The molecule has 0 rings (SSSR count). The van der Waals surface area contributed by atoms with E-state index in [1.807, 2.05) is 0 Å². The number of urea groups is 1. The van der Waals surface area contributed by atoms with E-state index in [0.29, 0.717) is 32.4 Å². The number of carbonyl (C=O) groups is 5. The Morgan fingerprint density at radius 1 is 0.688 bits per heavy atom. The van der Waals surface area contributed by atoms with E-state index in [9.17, 15) is 29.1 Å². The van der Waals surface area contributed by atoms with Gasteiger partial charge in [0.25, 0.3) is 0 Å². The van der Waals surface area contributed by atoms with E-state index < -0.39 is 42.4 Å². The van der Waals surface area contributed by atoms with Crippen molar-refractivity contribution in [2.75, 3.05) is 13.1 Å². The number of unbranched alkanes of at least 4 members (excludes halogenated alkanes) is 5. The molecule has 184 valence electrons. The summed E-state index contributed by atoms with van der Waals surface area (Å²) < 4.78 is 0. The van der Waals surface area contributed by atoms with Crippen LogP contribution in [-0.4, -0.2) is 70.3 Å². The number of aliphatic carboxylic acids is 3. The first kappa shape index (κ1) is 29.1. The summed E-state index contributed by atoms with van der Waals surface area (Å²) in [5.41, 5.74) is 5.42. The third-order valence-corrected chi connectivity index (χ3v) is 4.70.